The fourth-order valence-electron chi connectivity index (χ4n) is 2.10. The van der Waals surface area contributed by atoms with Gasteiger partial charge in [0.2, 0.25) is 5.95 Å². The molecule has 4 nitrogen and oxygen atoms in total. The van der Waals surface area contributed by atoms with Gasteiger partial charge in [-0.25, -0.2) is 9.97 Å². The van der Waals surface area contributed by atoms with Gasteiger partial charge in [-0.2, -0.15) is 13.2 Å². The van der Waals surface area contributed by atoms with E-state index in [0.717, 1.165) is 0 Å². The maximum atomic E-state index is 12.4. The van der Waals surface area contributed by atoms with Crippen LogP contribution >= 0.6 is 0 Å². The number of alkyl halides is 3. The van der Waals surface area contributed by atoms with Gasteiger partial charge in [0.15, 0.2) is 0 Å². The average Bonchev–Trinajstić information content (AvgIpc) is 2.31. The summed E-state index contributed by atoms with van der Waals surface area (Å²) in [5.41, 5.74) is 0. The van der Waals surface area contributed by atoms with E-state index < -0.39 is 12.7 Å². The summed E-state index contributed by atoms with van der Waals surface area (Å²) < 4.78 is 37.1. The van der Waals surface area contributed by atoms with Gasteiger partial charge in [0.1, 0.15) is 0 Å². The Bertz CT molecular complexity index is 382. The first-order valence-corrected chi connectivity index (χ1v) is 5.78. The second-order valence-corrected chi connectivity index (χ2v) is 4.43. The molecular weight excluding hydrogens is 245 g/mol. The van der Waals surface area contributed by atoms with Gasteiger partial charge in [-0.05, 0) is 13.0 Å². The Balaban J connectivity index is 1.96. The Hall–Kier alpha value is -1.37. The molecule has 0 saturated carbocycles. The van der Waals surface area contributed by atoms with E-state index in [2.05, 4.69) is 9.97 Å². The van der Waals surface area contributed by atoms with Crippen LogP contribution in [0.4, 0.5) is 19.1 Å². The van der Waals surface area contributed by atoms with Gasteiger partial charge >= 0.3 is 6.18 Å². The molecule has 100 valence electrons. The molecule has 0 spiro atoms. The Kier molecular flexibility index (Phi) is 3.70. The van der Waals surface area contributed by atoms with Crippen LogP contribution in [0.25, 0.3) is 0 Å². The molecule has 1 saturated heterocycles. The van der Waals surface area contributed by atoms with Gasteiger partial charge in [-0.15, -0.1) is 0 Å². The van der Waals surface area contributed by atoms with Crippen molar-refractivity contribution in [2.45, 2.75) is 19.1 Å². The Morgan fingerprint density at radius 3 is 2.50 bits per heavy atom. The number of nitrogens with zero attached hydrogens (tertiary/aromatic N) is 4. The maximum Gasteiger partial charge on any atom is 0.401 e. The topological polar surface area (TPSA) is 32.3 Å². The molecule has 0 N–H and O–H groups in total. The molecule has 1 atom stereocenters. The summed E-state index contributed by atoms with van der Waals surface area (Å²) in [6.07, 6.45) is -0.871. The third kappa shape index (κ3) is 3.32. The van der Waals surface area contributed by atoms with Crippen LogP contribution in [0.3, 0.4) is 0 Å². The number of anilines is 1. The van der Waals surface area contributed by atoms with Crippen molar-refractivity contribution in [1.29, 1.82) is 0 Å². The van der Waals surface area contributed by atoms with Gasteiger partial charge < -0.3 is 4.90 Å². The lowest BCUT2D eigenvalue weighted by Crippen LogP contribution is -2.54. The highest BCUT2D eigenvalue weighted by Gasteiger charge is 2.35. The molecule has 0 aromatic carbocycles. The third-order valence-electron chi connectivity index (χ3n) is 2.98. The van der Waals surface area contributed by atoms with Crippen molar-refractivity contribution in [2.24, 2.45) is 0 Å². The van der Waals surface area contributed by atoms with Crippen molar-refractivity contribution in [1.82, 2.24) is 14.9 Å². The number of rotatable bonds is 2. The van der Waals surface area contributed by atoms with E-state index in [9.17, 15) is 13.2 Å². The van der Waals surface area contributed by atoms with E-state index in [4.69, 9.17) is 0 Å². The molecular formula is C11H15F3N4. The van der Waals surface area contributed by atoms with Crippen LogP contribution in [-0.2, 0) is 0 Å². The molecule has 18 heavy (non-hydrogen) atoms. The molecule has 2 rings (SSSR count). The highest BCUT2D eigenvalue weighted by molar-refractivity contribution is 5.29. The van der Waals surface area contributed by atoms with Crippen LogP contribution in [0.5, 0.6) is 0 Å². The summed E-state index contributed by atoms with van der Waals surface area (Å²) in [5.74, 6) is 0.580. The lowest BCUT2D eigenvalue weighted by Gasteiger charge is -2.39. The quantitative estimate of drug-likeness (QED) is 0.807. The first-order chi connectivity index (χ1) is 8.46. The summed E-state index contributed by atoms with van der Waals surface area (Å²) in [6.45, 7) is 2.35. The number of halogens is 3. The standard InChI is InChI=1S/C11H15F3N4/c1-9-7-17(10-15-3-2-4-16-10)5-6-18(9)8-11(12,13)14/h2-4,9H,5-8H2,1H3. The zero-order valence-electron chi connectivity index (χ0n) is 10.1. The maximum absolute atomic E-state index is 12.4. The zero-order chi connectivity index (χ0) is 13.2. The first kappa shape index (κ1) is 13.1. The van der Waals surface area contributed by atoms with Crippen LogP contribution < -0.4 is 4.90 Å². The Morgan fingerprint density at radius 2 is 1.94 bits per heavy atom. The zero-order valence-corrected chi connectivity index (χ0v) is 10.1. The van der Waals surface area contributed by atoms with Gasteiger partial charge in [0.25, 0.3) is 0 Å². The molecule has 1 aliphatic rings. The van der Waals surface area contributed by atoms with Crippen LogP contribution in [0, 0.1) is 0 Å². The monoisotopic (exact) mass is 260 g/mol. The van der Waals surface area contributed by atoms with Crippen LogP contribution in [-0.4, -0.2) is 53.3 Å². The minimum atomic E-state index is -4.14. The number of hydrogen-bond acceptors (Lipinski definition) is 4. The number of piperazine rings is 1. The molecule has 1 aromatic rings. The summed E-state index contributed by atoms with van der Waals surface area (Å²) in [5, 5.41) is 0. The van der Waals surface area contributed by atoms with Gasteiger partial charge in [0.05, 0.1) is 6.54 Å². The van der Waals surface area contributed by atoms with Crippen LogP contribution in [0.2, 0.25) is 0 Å². The molecule has 2 heterocycles. The molecule has 0 aliphatic carbocycles. The second kappa shape index (κ2) is 5.09. The van der Waals surface area contributed by atoms with E-state index in [1.165, 1.54) is 4.90 Å². The second-order valence-electron chi connectivity index (χ2n) is 4.43. The summed E-state index contributed by atoms with van der Waals surface area (Å²) in [7, 11) is 0. The minimum absolute atomic E-state index is 0.163. The molecule has 0 bridgehead atoms. The highest BCUT2D eigenvalue weighted by Crippen LogP contribution is 2.21. The predicted molar refractivity (Wildman–Crippen MR) is 61.3 cm³/mol. The largest absolute Gasteiger partial charge is 0.401 e. The number of aromatic nitrogens is 2. The fraction of sp³-hybridized carbons (Fsp3) is 0.636. The molecule has 7 heteroatoms. The Morgan fingerprint density at radius 1 is 1.28 bits per heavy atom. The van der Waals surface area contributed by atoms with Crippen molar-refractivity contribution >= 4 is 5.95 Å². The lowest BCUT2D eigenvalue weighted by atomic mass is 10.2. The Labute approximate surface area is 103 Å². The van der Waals surface area contributed by atoms with Crippen molar-refractivity contribution in [3.63, 3.8) is 0 Å². The first-order valence-electron chi connectivity index (χ1n) is 5.78. The van der Waals surface area contributed by atoms with E-state index in [1.54, 1.807) is 25.4 Å². The molecule has 1 aliphatic heterocycles. The van der Waals surface area contributed by atoms with Gasteiger partial charge in [0, 0.05) is 38.1 Å². The van der Waals surface area contributed by atoms with Crippen LogP contribution in [0.15, 0.2) is 18.5 Å². The van der Waals surface area contributed by atoms with Crippen molar-refractivity contribution < 1.29 is 13.2 Å². The van der Waals surface area contributed by atoms with Crippen molar-refractivity contribution in [3.05, 3.63) is 18.5 Å². The van der Waals surface area contributed by atoms with E-state index in [0.29, 0.717) is 25.6 Å². The normalized spacial score (nSPS) is 22.2. The molecule has 0 radical (unpaired) electrons. The van der Waals surface area contributed by atoms with E-state index in [-0.39, 0.29) is 6.04 Å². The number of hydrogen-bond donors (Lipinski definition) is 0. The molecule has 0 amide bonds. The van der Waals surface area contributed by atoms with E-state index >= 15 is 0 Å². The van der Waals surface area contributed by atoms with Gasteiger partial charge in [-0.1, -0.05) is 0 Å². The highest BCUT2D eigenvalue weighted by atomic mass is 19.4. The SMILES string of the molecule is CC1CN(c2ncccn2)CCN1CC(F)(F)F. The summed E-state index contributed by atoms with van der Waals surface area (Å²) >= 11 is 0. The minimum Gasteiger partial charge on any atom is -0.338 e. The summed E-state index contributed by atoms with van der Waals surface area (Å²) in [4.78, 5) is 11.6. The fourth-order valence-corrected chi connectivity index (χ4v) is 2.10. The van der Waals surface area contributed by atoms with Crippen LogP contribution in [0.1, 0.15) is 6.92 Å². The van der Waals surface area contributed by atoms with Gasteiger partial charge in [-0.3, -0.25) is 4.90 Å². The predicted octanol–water partition coefficient (Wildman–Crippen LogP) is 1.55. The van der Waals surface area contributed by atoms with Crippen molar-refractivity contribution in [2.75, 3.05) is 31.1 Å². The lowest BCUT2D eigenvalue weighted by molar-refractivity contribution is -0.150. The third-order valence-corrected chi connectivity index (χ3v) is 2.98. The van der Waals surface area contributed by atoms with E-state index in [1.807, 2.05) is 4.90 Å². The summed E-state index contributed by atoms with van der Waals surface area (Å²) in [6, 6.07) is 1.55. The molecule has 1 unspecified atom stereocenters. The average molecular weight is 260 g/mol. The smallest absolute Gasteiger partial charge is 0.338 e. The molecule has 1 aromatic heterocycles. The van der Waals surface area contributed by atoms with Crippen molar-refractivity contribution in [3.8, 4) is 0 Å². The molecule has 1 fully saturated rings.